The average molecular weight is 232 g/mol. The molecule has 15 heavy (non-hydrogen) atoms. The first-order valence-corrected chi connectivity index (χ1v) is 7.03. The number of hydrogen-bond donors (Lipinski definition) is 2. The third-order valence-electron chi connectivity index (χ3n) is 2.98. The molecule has 0 saturated carbocycles. The van der Waals surface area contributed by atoms with E-state index in [4.69, 9.17) is 0 Å². The molecule has 4 heteroatoms. The number of aliphatic hydroxyl groups is 1. The SMILES string of the molecule is CCC(C)(O)CNCCN1CCSCC1. The van der Waals surface area contributed by atoms with Crippen molar-refractivity contribution in [2.45, 2.75) is 25.9 Å². The van der Waals surface area contributed by atoms with E-state index in [9.17, 15) is 5.11 Å². The van der Waals surface area contributed by atoms with Gasteiger partial charge in [0.15, 0.2) is 0 Å². The van der Waals surface area contributed by atoms with Crippen LogP contribution in [0.1, 0.15) is 20.3 Å². The van der Waals surface area contributed by atoms with Gasteiger partial charge in [-0.05, 0) is 13.3 Å². The molecule has 3 nitrogen and oxygen atoms in total. The summed E-state index contributed by atoms with van der Waals surface area (Å²) in [6.07, 6.45) is 0.806. The zero-order valence-corrected chi connectivity index (χ0v) is 10.8. The third-order valence-corrected chi connectivity index (χ3v) is 3.92. The van der Waals surface area contributed by atoms with E-state index in [0.717, 1.165) is 19.5 Å². The highest BCUT2D eigenvalue weighted by Crippen LogP contribution is 2.08. The molecule has 1 atom stereocenters. The number of nitrogens with one attached hydrogen (secondary N) is 1. The first-order valence-electron chi connectivity index (χ1n) is 5.87. The van der Waals surface area contributed by atoms with Gasteiger partial charge in [0, 0.05) is 44.2 Å². The zero-order chi connectivity index (χ0) is 11.1. The normalized spacial score (nSPS) is 22.6. The summed E-state index contributed by atoms with van der Waals surface area (Å²) in [6, 6.07) is 0. The molecular weight excluding hydrogens is 208 g/mol. The molecule has 90 valence electrons. The van der Waals surface area contributed by atoms with E-state index in [1.165, 1.54) is 24.6 Å². The Hall–Kier alpha value is 0.230. The molecule has 1 heterocycles. The van der Waals surface area contributed by atoms with Crippen LogP contribution in [0.5, 0.6) is 0 Å². The van der Waals surface area contributed by atoms with Gasteiger partial charge in [0.1, 0.15) is 0 Å². The highest BCUT2D eigenvalue weighted by Gasteiger charge is 2.16. The first kappa shape index (κ1) is 13.3. The third kappa shape index (κ3) is 5.76. The fourth-order valence-corrected chi connectivity index (χ4v) is 2.52. The van der Waals surface area contributed by atoms with Gasteiger partial charge in [0.25, 0.3) is 0 Å². The maximum Gasteiger partial charge on any atom is 0.0740 e. The van der Waals surface area contributed by atoms with Gasteiger partial charge in [-0.1, -0.05) is 6.92 Å². The second-order valence-electron chi connectivity index (χ2n) is 4.48. The molecule has 0 aromatic carbocycles. The molecule has 1 aliphatic heterocycles. The summed E-state index contributed by atoms with van der Waals surface area (Å²) in [7, 11) is 0. The minimum Gasteiger partial charge on any atom is -0.389 e. The Morgan fingerprint density at radius 2 is 2.07 bits per heavy atom. The van der Waals surface area contributed by atoms with Crippen molar-refractivity contribution >= 4 is 11.8 Å². The number of nitrogens with zero attached hydrogens (tertiary/aromatic N) is 1. The smallest absolute Gasteiger partial charge is 0.0740 e. The van der Waals surface area contributed by atoms with Gasteiger partial charge >= 0.3 is 0 Å². The standard InChI is InChI=1S/C11H24N2OS/c1-3-11(2,14)10-12-4-5-13-6-8-15-9-7-13/h12,14H,3-10H2,1-2H3. The molecular formula is C11H24N2OS. The minimum absolute atomic E-state index is 0.544. The van der Waals surface area contributed by atoms with Crippen molar-refractivity contribution in [3.8, 4) is 0 Å². The van der Waals surface area contributed by atoms with E-state index < -0.39 is 5.60 Å². The molecule has 0 aromatic rings. The maximum atomic E-state index is 9.78. The molecule has 1 unspecified atom stereocenters. The fraction of sp³-hybridized carbons (Fsp3) is 1.00. The van der Waals surface area contributed by atoms with E-state index in [-0.39, 0.29) is 0 Å². The van der Waals surface area contributed by atoms with E-state index in [1.54, 1.807) is 0 Å². The van der Waals surface area contributed by atoms with Crippen molar-refractivity contribution in [3.05, 3.63) is 0 Å². The summed E-state index contributed by atoms with van der Waals surface area (Å²) in [5.41, 5.74) is -0.544. The summed E-state index contributed by atoms with van der Waals surface area (Å²) in [4.78, 5) is 2.49. The van der Waals surface area contributed by atoms with Gasteiger partial charge in [0.2, 0.25) is 0 Å². The van der Waals surface area contributed by atoms with Gasteiger partial charge in [-0.3, -0.25) is 0 Å². The van der Waals surface area contributed by atoms with Crippen LogP contribution in [0.2, 0.25) is 0 Å². The van der Waals surface area contributed by atoms with E-state index >= 15 is 0 Å². The zero-order valence-electron chi connectivity index (χ0n) is 9.96. The summed E-state index contributed by atoms with van der Waals surface area (Å²) >= 11 is 2.04. The van der Waals surface area contributed by atoms with Crippen LogP contribution in [-0.4, -0.2) is 59.8 Å². The van der Waals surface area contributed by atoms with Crippen LogP contribution >= 0.6 is 11.8 Å². The molecule has 0 spiro atoms. The summed E-state index contributed by atoms with van der Waals surface area (Å²) in [5.74, 6) is 2.54. The van der Waals surface area contributed by atoms with Crippen molar-refractivity contribution in [3.63, 3.8) is 0 Å². The lowest BCUT2D eigenvalue weighted by atomic mass is 10.0. The monoisotopic (exact) mass is 232 g/mol. The Kier molecular flexibility index (Phi) is 5.97. The molecule has 0 aliphatic carbocycles. The molecule has 1 aliphatic rings. The highest BCUT2D eigenvalue weighted by molar-refractivity contribution is 7.99. The van der Waals surface area contributed by atoms with Crippen LogP contribution in [0.4, 0.5) is 0 Å². The van der Waals surface area contributed by atoms with Crippen LogP contribution in [0.3, 0.4) is 0 Å². The molecule has 2 N–H and O–H groups in total. The fourth-order valence-electron chi connectivity index (χ4n) is 1.54. The topological polar surface area (TPSA) is 35.5 Å². The van der Waals surface area contributed by atoms with Gasteiger partial charge in [-0.15, -0.1) is 0 Å². The molecule has 0 aromatic heterocycles. The molecule has 0 amide bonds. The number of thioether (sulfide) groups is 1. The highest BCUT2D eigenvalue weighted by atomic mass is 32.2. The van der Waals surface area contributed by atoms with Gasteiger partial charge in [0.05, 0.1) is 5.60 Å². The predicted molar refractivity (Wildman–Crippen MR) is 67.5 cm³/mol. The Labute approximate surface area is 97.6 Å². The van der Waals surface area contributed by atoms with E-state index in [1.807, 2.05) is 25.6 Å². The van der Waals surface area contributed by atoms with Crippen LogP contribution in [0.15, 0.2) is 0 Å². The lowest BCUT2D eigenvalue weighted by molar-refractivity contribution is 0.0554. The second kappa shape index (κ2) is 6.74. The summed E-state index contributed by atoms with van der Waals surface area (Å²) < 4.78 is 0. The van der Waals surface area contributed by atoms with Crippen LogP contribution in [-0.2, 0) is 0 Å². The lowest BCUT2D eigenvalue weighted by Gasteiger charge is -2.27. The summed E-state index contributed by atoms with van der Waals surface area (Å²) in [5, 5.41) is 13.1. The first-order chi connectivity index (χ1) is 7.14. The second-order valence-corrected chi connectivity index (χ2v) is 5.71. The van der Waals surface area contributed by atoms with E-state index in [2.05, 4.69) is 10.2 Å². The number of rotatable bonds is 6. The number of hydrogen-bond acceptors (Lipinski definition) is 4. The molecule has 0 bridgehead atoms. The van der Waals surface area contributed by atoms with Gasteiger partial charge < -0.3 is 15.3 Å². The molecule has 1 fully saturated rings. The van der Waals surface area contributed by atoms with Crippen molar-refractivity contribution in [1.29, 1.82) is 0 Å². The van der Waals surface area contributed by atoms with E-state index in [0.29, 0.717) is 6.54 Å². The van der Waals surface area contributed by atoms with Crippen LogP contribution in [0, 0.1) is 0 Å². The van der Waals surface area contributed by atoms with Crippen molar-refractivity contribution in [1.82, 2.24) is 10.2 Å². The molecule has 0 radical (unpaired) electrons. The molecule has 1 saturated heterocycles. The van der Waals surface area contributed by atoms with Crippen molar-refractivity contribution in [2.75, 3.05) is 44.2 Å². The van der Waals surface area contributed by atoms with Gasteiger partial charge in [-0.25, -0.2) is 0 Å². The predicted octanol–water partition coefficient (Wildman–Crippen LogP) is 0.786. The van der Waals surface area contributed by atoms with Crippen LogP contribution in [0.25, 0.3) is 0 Å². The van der Waals surface area contributed by atoms with Crippen LogP contribution < -0.4 is 5.32 Å². The Morgan fingerprint density at radius 1 is 1.40 bits per heavy atom. The Morgan fingerprint density at radius 3 is 2.67 bits per heavy atom. The minimum atomic E-state index is -0.544. The van der Waals surface area contributed by atoms with Gasteiger partial charge in [-0.2, -0.15) is 11.8 Å². The Bertz CT molecular complexity index is 170. The lowest BCUT2D eigenvalue weighted by Crippen LogP contribution is -2.42. The van der Waals surface area contributed by atoms with Crippen molar-refractivity contribution < 1.29 is 5.11 Å². The maximum absolute atomic E-state index is 9.78. The largest absolute Gasteiger partial charge is 0.389 e. The van der Waals surface area contributed by atoms with Crippen molar-refractivity contribution in [2.24, 2.45) is 0 Å². The summed E-state index contributed by atoms with van der Waals surface area (Å²) in [6.45, 7) is 9.14. The molecule has 1 rings (SSSR count). The Balaban J connectivity index is 2.00. The quantitative estimate of drug-likeness (QED) is 0.664. The average Bonchev–Trinajstić information content (AvgIpc) is 2.26.